The van der Waals surface area contributed by atoms with Crippen LogP contribution in [0.5, 0.6) is 0 Å². The number of nitrogens with zero attached hydrogens (tertiary/aromatic N) is 4. The molecular formula is C18H24N6O. The fourth-order valence-corrected chi connectivity index (χ4v) is 4.13. The fourth-order valence-electron chi connectivity index (χ4n) is 4.13. The van der Waals surface area contributed by atoms with Crippen molar-refractivity contribution >= 4 is 5.91 Å². The van der Waals surface area contributed by atoms with E-state index in [0.29, 0.717) is 24.2 Å². The number of nitrogens with one attached hydrogen (secondary N) is 2. The van der Waals surface area contributed by atoms with E-state index >= 15 is 0 Å². The molecule has 3 heterocycles. The number of aromatic nitrogens is 5. The summed E-state index contributed by atoms with van der Waals surface area (Å²) in [5.74, 6) is 4.26. The number of aryl methyl sites for hydroxylation is 1. The van der Waals surface area contributed by atoms with Gasteiger partial charge >= 0.3 is 0 Å². The molecular weight excluding hydrogens is 316 g/mol. The Bertz CT molecular complexity index is 787. The molecule has 7 heteroatoms. The Kier molecular flexibility index (Phi) is 3.43. The summed E-state index contributed by atoms with van der Waals surface area (Å²) in [6, 6.07) is 1.95. The van der Waals surface area contributed by atoms with Crippen LogP contribution in [0, 0.1) is 18.8 Å². The van der Waals surface area contributed by atoms with Crippen molar-refractivity contribution < 1.29 is 4.79 Å². The molecule has 0 aromatic carbocycles. The highest BCUT2D eigenvalue weighted by molar-refractivity contribution is 5.78. The molecule has 2 aromatic heterocycles. The van der Waals surface area contributed by atoms with Gasteiger partial charge in [0.25, 0.3) is 0 Å². The van der Waals surface area contributed by atoms with Crippen LogP contribution in [0.25, 0.3) is 0 Å². The van der Waals surface area contributed by atoms with Crippen LogP contribution in [0.15, 0.2) is 6.07 Å². The molecule has 2 atom stereocenters. The van der Waals surface area contributed by atoms with Crippen LogP contribution >= 0.6 is 0 Å². The van der Waals surface area contributed by atoms with Gasteiger partial charge in [-0.3, -0.25) is 15.0 Å². The normalized spacial score (nSPS) is 26.4. The number of rotatable bonds is 5. The maximum absolute atomic E-state index is 12.7. The maximum atomic E-state index is 12.7. The van der Waals surface area contributed by atoms with Crippen molar-refractivity contribution in [3.8, 4) is 0 Å². The minimum atomic E-state index is 0.168. The Hall–Kier alpha value is -2.18. The molecule has 7 nitrogen and oxygen atoms in total. The summed E-state index contributed by atoms with van der Waals surface area (Å²) in [4.78, 5) is 19.5. The molecule has 2 aliphatic carbocycles. The van der Waals surface area contributed by atoms with Crippen LogP contribution < -0.4 is 0 Å². The molecule has 2 saturated carbocycles. The van der Waals surface area contributed by atoms with Gasteiger partial charge in [-0.15, -0.1) is 0 Å². The van der Waals surface area contributed by atoms with Gasteiger partial charge in [0.1, 0.15) is 5.82 Å². The number of aromatic amines is 2. The molecule has 0 unspecified atom stereocenters. The largest absolute Gasteiger partial charge is 0.341 e. The van der Waals surface area contributed by atoms with Crippen molar-refractivity contribution in [2.75, 3.05) is 13.1 Å². The van der Waals surface area contributed by atoms with Gasteiger partial charge in [0.05, 0.1) is 12.1 Å². The van der Waals surface area contributed by atoms with Crippen molar-refractivity contribution in [1.82, 2.24) is 30.3 Å². The van der Waals surface area contributed by atoms with E-state index in [4.69, 9.17) is 4.98 Å². The molecule has 3 fully saturated rings. The average Bonchev–Trinajstić information content (AvgIpc) is 3.49. The summed E-state index contributed by atoms with van der Waals surface area (Å²) in [5, 5.41) is 14.7. The Labute approximate surface area is 146 Å². The van der Waals surface area contributed by atoms with E-state index in [9.17, 15) is 4.79 Å². The summed E-state index contributed by atoms with van der Waals surface area (Å²) in [6.07, 6.45) is 5.36. The third-order valence-corrected chi connectivity index (χ3v) is 5.85. The van der Waals surface area contributed by atoms with E-state index in [1.165, 1.54) is 25.7 Å². The Morgan fingerprint density at radius 3 is 2.72 bits per heavy atom. The summed E-state index contributed by atoms with van der Waals surface area (Å²) >= 11 is 0. The first-order valence-corrected chi connectivity index (χ1v) is 9.38. The van der Waals surface area contributed by atoms with E-state index in [2.05, 4.69) is 20.4 Å². The summed E-state index contributed by atoms with van der Waals surface area (Å²) in [6.45, 7) is 3.55. The maximum Gasteiger partial charge on any atom is 0.228 e. The van der Waals surface area contributed by atoms with Crippen LogP contribution in [0.4, 0.5) is 0 Å². The quantitative estimate of drug-likeness (QED) is 0.870. The second-order valence-corrected chi connectivity index (χ2v) is 7.98. The lowest BCUT2D eigenvalue weighted by Crippen LogP contribution is -2.30. The third-order valence-electron chi connectivity index (χ3n) is 5.85. The number of carbonyl (C=O) groups excluding carboxylic acids is 1. The molecule has 2 aromatic rings. The molecule has 25 heavy (non-hydrogen) atoms. The van der Waals surface area contributed by atoms with Crippen LogP contribution in [0.1, 0.15) is 60.6 Å². The van der Waals surface area contributed by atoms with E-state index in [0.717, 1.165) is 42.0 Å². The number of amides is 1. The van der Waals surface area contributed by atoms with Crippen LogP contribution in [0.2, 0.25) is 0 Å². The highest BCUT2D eigenvalue weighted by Gasteiger charge is 2.45. The molecule has 0 radical (unpaired) electrons. The zero-order chi connectivity index (χ0) is 17.0. The number of carbonyl (C=O) groups is 1. The summed E-state index contributed by atoms with van der Waals surface area (Å²) in [5.41, 5.74) is 1.82. The van der Waals surface area contributed by atoms with Crippen molar-refractivity contribution in [3.63, 3.8) is 0 Å². The van der Waals surface area contributed by atoms with Crippen molar-refractivity contribution in [2.24, 2.45) is 11.8 Å². The molecule has 1 amide bonds. The van der Waals surface area contributed by atoms with Gasteiger partial charge in [-0.05, 0) is 50.5 Å². The Morgan fingerprint density at radius 1 is 1.20 bits per heavy atom. The van der Waals surface area contributed by atoms with Crippen molar-refractivity contribution in [3.05, 3.63) is 29.1 Å². The van der Waals surface area contributed by atoms with E-state index in [1.807, 2.05) is 17.9 Å². The molecule has 0 spiro atoms. The number of hydrogen-bond donors (Lipinski definition) is 2. The zero-order valence-corrected chi connectivity index (χ0v) is 14.5. The monoisotopic (exact) mass is 340 g/mol. The van der Waals surface area contributed by atoms with Gasteiger partial charge in [-0.2, -0.15) is 10.2 Å². The third kappa shape index (κ3) is 2.96. The molecule has 132 valence electrons. The molecule has 0 bridgehead atoms. The number of likely N-dealkylation sites (tertiary alicyclic amines) is 1. The fraction of sp³-hybridized carbons (Fsp3) is 0.667. The first-order valence-electron chi connectivity index (χ1n) is 9.38. The first-order chi connectivity index (χ1) is 12.2. The van der Waals surface area contributed by atoms with Gasteiger partial charge < -0.3 is 4.90 Å². The van der Waals surface area contributed by atoms with Gasteiger partial charge in [0.2, 0.25) is 5.91 Å². The van der Waals surface area contributed by atoms with Gasteiger partial charge in [0.15, 0.2) is 5.82 Å². The standard InChI is InChI=1S/C18H24N6O/c1-10-6-13(21-20-10)7-16(25)24-8-14(11-2-3-11)15(9-24)18-19-17(22-23-18)12-4-5-12/h6,11-12,14-15H,2-5,7-9H2,1H3,(H,20,21)(H,19,22,23)/t14-,15+/m0/s1. The number of hydrogen-bond acceptors (Lipinski definition) is 4. The lowest BCUT2D eigenvalue weighted by Gasteiger charge is -2.15. The Balaban J connectivity index is 1.31. The SMILES string of the molecule is Cc1cc(CC(=O)N2C[C@@H](c3nc(C4CC4)n[nH]3)[C@H](C3CC3)C2)n[nH]1. The topological polar surface area (TPSA) is 90.6 Å². The minimum absolute atomic E-state index is 0.168. The predicted octanol–water partition coefficient (Wildman–Crippen LogP) is 1.91. The molecule has 3 aliphatic rings. The highest BCUT2D eigenvalue weighted by atomic mass is 16.2. The molecule has 1 saturated heterocycles. The summed E-state index contributed by atoms with van der Waals surface area (Å²) in [7, 11) is 0. The van der Waals surface area contributed by atoms with Gasteiger partial charge in [0, 0.05) is 30.6 Å². The van der Waals surface area contributed by atoms with Crippen LogP contribution in [-0.4, -0.2) is 49.3 Å². The molecule has 1 aliphatic heterocycles. The second kappa shape index (κ2) is 5.68. The zero-order valence-electron chi connectivity index (χ0n) is 14.5. The average molecular weight is 340 g/mol. The molecule has 2 N–H and O–H groups in total. The van der Waals surface area contributed by atoms with E-state index in [-0.39, 0.29) is 5.91 Å². The van der Waals surface area contributed by atoms with E-state index < -0.39 is 0 Å². The lowest BCUT2D eigenvalue weighted by molar-refractivity contribution is -0.129. The second-order valence-electron chi connectivity index (χ2n) is 7.98. The Morgan fingerprint density at radius 2 is 2.04 bits per heavy atom. The van der Waals surface area contributed by atoms with Crippen molar-refractivity contribution in [1.29, 1.82) is 0 Å². The first kappa shape index (κ1) is 15.1. The number of H-pyrrole nitrogens is 2. The predicted molar refractivity (Wildman–Crippen MR) is 90.9 cm³/mol. The molecule has 5 rings (SSSR count). The lowest BCUT2D eigenvalue weighted by atomic mass is 9.91. The van der Waals surface area contributed by atoms with Crippen molar-refractivity contribution in [2.45, 2.75) is 50.9 Å². The smallest absolute Gasteiger partial charge is 0.228 e. The minimum Gasteiger partial charge on any atom is -0.341 e. The highest BCUT2D eigenvalue weighted by Crippen LogP contribution is 2.47. The van der Waals surface area contributed by atoms with E-state index in [1.54, 1.807) is 0 Å². The van der Waals surface area contributed by atoms with Gasteiger partial charge in [-0.1, -0.05) is 0 Å². The van der Waals surface area contributed by atoms with Gasteiger partial charge in [-0.25, -0.2) is 4.98 Å². The van der Waals surface area contributed by atoms with Crippen LogP contribution in [-0.2, 0) is 11.2 Å². The summed E-state index contributed by atoms with van der Waals surface area (Å²) < 4.78 is 0. The van der Waals surface area contributed by atoms with Crippen LogP contribution in [0.3, 0.4) is 0 Å².